The van der Waals surface area contributed by atoms with Crippen LogP contribution >= 0.6 is 0 Å². The molecule has 58 heavy (non-hydrogen) atoms. The molecule has 12 rings (SSSR count). The molecule has 0 unspecified atom stereocenters. The van der Waals surface area contributed by atoms with Gasteiger partial charge in [-0.25, -0.2) is 4.98 Å². The van der Waals surface area contributed by atoms with E-state index in [1.807, 2.05) is 54.6 Å². The van der Waals surface area contributed by atoms with Gasteiger partial charge in [-0.2, -0.15) is 0 Å². The van der Waals surface area contributed by atoms with E-state index in [9.17, 15) is 0 Å². The zero-order valence-electron chi connectivity index (χ0n) is 31.1. The minimum absolute atomic E-state index is 0.582. The van der Waals surface area contributed by atoms with E-state index < -0.39 is 0 Å². The summed E-state index contributed by atoms with van der Waals surface area (Å²) in [6.07, 6.45) is 0. The predicted octanol–water partition coefficient (Wildman–Crippen LogP) is 15.3. The molecule has 0 amide bonds. The molecule has 272 valence electrons. The van der Waals surface area contributed by atoms with Crippen molar-refractivity contribution in [1.29, 1.82) is 0 Å². The van der Waals surface area contributed by atoms with Gasteiger partial charge in [-0.05, 0) is 94.2 Å². The molecule has 0 atom stereocenters. The molecule has 0 saturated carbocycles. The van der Waals surface area contributed by atoms with Crippen LogP contribution in [0.5, 0.6) is 0 Å². The number of oxazole rings is 1. The lowest BCUT2D eigenvalue weighted by molar-refractivity contribution is 0.620. The number of aromatic nitrogens is 1. The number of hydrogen-bond donors (Lipinski definition) is 0. The van der Waals surface area contributed by atoms with Crippen LogP contribution in [-0.4, -0.2) is 4.98 Å². The van der Waals surface area contributed by atoms with Crippen molar-refractivity contribution in [2.24, 2.45) is 0 Å². The lowest BCUT2D eigenvalue weighted by Crippen LogP contribution is -2.10. The van der Waals surface area contributed by atoms with Crippen LogP contribution in [-0.2, 0) is 0 Å². The molecule has 0 aliphatic carbocycles. The van der Waals surface area contributed by atoms with E-state index in [4.69, 9.17) is 18.2 Å². The number of nitrogens with zero attached hydrogens (tertiary/aromatic N) is 2. The van der Waals surface area contributed by atoms with Crippen LogP contribution < -0.4 is 4.90 Å². The van der Waals surface area contributed by atoms with Gasteiger partial charge >= 0.3 is 0 Å². The molecular weight excluding hydrogens is 713 g/mol. The Morgan fingerprint density at radius 3 is 1.84 bits per heavy atom. The molecule has 5 heteroatoms. The monoisotopic (exact) mass is 744 g/mol. The molecule has 0 radical (unpaired) electrons. The largest absolute Gasteiger partial charge is 0.456 e. The number of benzene rings is 9. The van der Waals surface area contributed by atoms with Crippen LogP contribution in [0.3, 0.4) is 0 Å². The van der Waals surface area contributed by atoms with Crippen molar-refractivity contribution in [2.45, 2.75) is 0 Å². The average molecular weight is 745 g/mol. The SMILES string of the molecule is c1ccc(-c2ccc(N(c3cc(-c4cccc5oc(-c6ccccc6)nc45)c4c(c3)oc3ccc5ccccc5c34)c3ccc4oc5ccccc5c4c3)cc2)cc1. The summed E-state index contributed by atoms with van der Waals surface area (Å²) < 4.78 is 19.6. The molecule has 0 saturated heterocycles. The topological polar surface area (TPSA) is 55.6 Å². The molecule has 0 aliphatic heterocycles. The highest BCUT2D eigenvalue weighted by molar-refractivity contribution is 6.24. The molecule has 0 aliphatic rings. The van der Waals surface area contributed by atoms with Crippen molar-refractivity contribution in [3.63, 3.8) is 0 Å². The summed E-state index contributed by atoms with van der Waals surface area (Å²) in [6, 6.07) is 67.4. The smallest absolute Gasteiger partial charge is 0.227 e. The summed E-state index contributed by atoms with van der Waals surface area (Å²) in [7, 11) is 0. The second-order valence-electron chi connectivity index (χ2n) is 14.7. The van der Waals surface area contributed by atoms with E-state index >= 15 is 0 Å². The van der Waals surface area contributed by atoms with Crippen molar-refractivity contribution in [3.05, 3.63) is 194 Å². The molecule has 0 N–H and O–H groups in total. The van der Waals surface area contributed by atoms with Gasteiger partial charge in [0, 0.05) is 50.1 Å². The van der Waals surface area contributed by atoms with Crippen LogP contribution in [0.4, 0.5) is 17.1 Å². The summed E-state index contributed by atoms with van der Waals surface area (Å²) in [6.45, 7) is 0. The van der Waals surface area contributed by atoms with E-state index in [0.29, 0.717) is 5.89 Å². The van der Waals surface area contributed by atoms with Gasteiger partial charge < -0.3 is 18.2 Å². The maximum Gasteiger partial charge on any atom is 0.227 e. The zero-order valence-corrected chi connectivity index (χ0v) is 31.1. The Morgan fingerprint density at radius 2 is 1.00 bits per heavy atom. The molecule has 0 fully saturated rings. The molecular formula is C53H32N2O3. The van der Waals surface area contributed by atoms with Gasteiger partial charge in [0.05, 0.1) is 5.69 Å². The minimum Gasteiger partial charge on any atom is -0.456 e. The first-order chi connectivity index (χ1) is 28.7. The molecule has 9 aromatic carbocycles. The highest BCUT2D eigenvalue weighted by atomic mass is 16.3. The number of furan rings is 2. The molecule has 5 nitrogen and oxygen atoms in total. The number of rotatable bonds is 6. The zero-order chi connectivity index (χ0) is 38.2. The van der Waals surface area contributed by atoms with Crippen LogP contribution in [0.2, 0.25) is 0 Å². The molecule has 0 spiro atoms. The molecule has 12 aromatic rings. The van der Waals surface area contributed by atoms with Gasteiger partial charge in [-0.3, -0.25) is 0 Å². The fraction of sp³-hybridized carbons (Fsp3) is 0. The summed E-state index contributed by atoms with van der Waals surface area (Å²) in [5.41, 5.74) is 13.0. The first kappa shape index (κ1) is 32.4. The van der Waals surface area contributed by atoms with Crippen molar-refractivity contribution in [3.8, 4) is 33.7 Å². The maximum atomic E-state index is 6.88. The van der Waals surface area contributed by atoms with Crippen molar-refractivity contribution >= 4 is 82.8 Å². The van der Waals surface area contributed by atoms with Crippen molar-refractivity contribution < 1.29 is 13.3 Å². The number of hydrogen-bond acceptors (Lipinski definition) is 5. The van der Waals surface area contributed by atoms with E-state index in [0.717, 1.165) is 105 Å². The predicted molar refractivity (Wildman–Crippen MR) is 237 cm³/mol. The lowest BCUT2D eigenvalue weighted by Gasteiger charge is -2.26. The Labute approximate surface area is 332 Å². The number of anilines is 3. The quantitative estimate of drug-likeness (QED) is 0.170. The third-order valence-electron chi connectivity index (χ3n) is 11.3. The highest BCUT2D eigenvalue weighted by Gasteiger charge is 2.24. The van der Waals surface area contributed by atoms with Gasteiger partial charge in [0.1, 0.15) is 27.8 Å². The summed E-state index contributed by atoms with van der Waals surface area (Å²) >= 11 is 0. The van der Waals surface area contributed by atoms with E-state index in [-0.39, 0.29) is 0 Å². The van der Waals surface area contributed by atoms with Crippen molar-refractivity contribution in [1.82, 2.24) is 4.98 Å². The average Bonchev–Trinajstić information content (AvgIpc) is 4.01. The Kier molecular flexibility index (Phi) is 7.16. The van der Waals surface area contributed by atoms with Gasteiger partial charge in [0.15, 0.2) is 5.58 Å². The summed E-state index contributed by atoms with van der Waals surface area (Å²) in [4.78, 5) is 7.47. The third-order valence-corrected chi connectivity index (χ3v) is 11.3. The maximum absolute atomic E-state index is 6.88. The van der Waals surface area contributed by atoms with Gasteiger partial charge in [-0.1, -0.05) is 121 Å². The second-order valence-corrected chi connectivity index (χ2v) is 14.7. The van der Waals surface area contributed by atoms with E-state index in [2.05, 4.69) is 144 Å². The van der Waals surface area contributed by atoms with E-state index in [1.54, 1.807) is 0 Å². The standard InChI is InChI=1S/C53H32N2O3/c1-3-12-33(13-4-1)34-22-25-37(26-23-34)55(38-27-29-46-43(30-38)41-18-9-10-20-45(41)56-46)39-31-44(42-19-11-21-48-52(42)54-53(58-48)36-15-5-2-6-16-36)51-49(32-39)57-47-28-24-35-14-7-8-17-40(35)50(47)51/h1-32H. The normalized spacial score (nSPS) is 11.8. The van der Waals surface area contributed by atoms with Gasteiger partial charge in [0.2, 0.25) is 5.89 Å². The summed E-state index contributed by atoms with van der Waals surface area (Å²) in [5, 5.41) is 6.52. The van der Waals surface area contributed by atoms with Crippen LogP contribution in [0, 0.1) is 0 Å². The fourth-order valence-electron chi connectivity index (χ4n) is 8.60. The minimum atomic E-state index is 0.582. The number of para-hydroxylation sites is 2. The highest BCUT2D eigenvalue weighted by Crippen LogP contribution is 2.47. The molecule has 0 bridgehead atoms. The fourth-order valence-corrected chi connectivity index (χ4v) is 8.60. The second kappa shape index (κ2) is 12.8. The van der Waals surface area contributed by atoms with Gasteiger partial charge in [-0.15, -0.1) is 0 Å². The Bertz CT molecular complexity index is 3510. The lowest BCUT2D eigenvalue weighted by atomic mass is 9.95. The van der Waals surface area contributed by atoms with Crippen LogP contribution in [0.1, 0.15) is 0 Å². The van der Waals surface area contributed by atoms with Crippen molar-refractivity contribution in [2.75, 3.05) is 4.90 Å². The first-order valence-corrected chi connectivity index (χ1v) is 19.4. The van der Waals surface area contributed by atoms with Gasteiger partial charge in [0.25, 0.3) is 0 Å². The third kappa shape index (κ3) is 5.14. The Hall–Kier alpha value is -7.89. The number of fused-ring (bicyclic) bond motifs is 9. The molecule has 3 heterocycles. The van der Waals surface area contributed by atoms with E-state index in [1.165, 1.54) is 5.56 Å². The Morgan fingerprint density at radius 1 is 0.345 bits per heavy atom. The summed E-state index contributed by atoms with van der Waals surface area (Å²) in [5.74, 6) is 0.582. The molecule has 3 aromatic heterocycles. The first-order valence-electron chi connectivity index (χ1n) is 19.4. The van der Waals surface area contributed by atoms with Crippen LogP contribution in [0.15, 0.2) is 207 Å². The Balaban J connectivity index is 1.15. The van der Waals surface area contributed by atoms with Crippen LogP contribution in [0.25, 0.3) is 99.5 Å².